The van der Waals surface area contributed by atoms with Gasteiger partial charge < -0.3 is 4.90 Å². The number of hydrogen-bond donors (Lipinski definition) is 0. The van der Waals surface area contributed by atoms with E-state index in [9.17, 15) is 0 Å². The van der Waals surface area contributed by atoms with Crippen LogP contribution in [0.15, 0.2) is 4.99 Å². The molecule has 0 atom stereocenters. The topological polar surface area (TPSA) is 15.6 Å². The smallest absolute Gasteiger partial charge is 0.0992 e. The third kappa shape index (κ3) is 3.02. The molecule has 0 radical (unpaired) electrons. The van der Waals surface area contributed by atoms with E-state index in [0.29, 0.717) is 6.04 Å². The predicted molar refractivity (Wildman–Crippen MR) is 58.3 cm³/mol. The van der Waals surface area contributed by atoms with Gasteiger partial charge in [-0.1, -0.05) is 19.8 Å². The van der Waals surface area contributed by atoms with E-state index in [1.54, 1.807) is 0 Å². The second kappa shape index (κ2) is 5.25. The van der Waals surface area contributed by atoms with Gasteiger partial charge in [-0.05, 0) is 20.3 Å². The Bertz CT molecular complexity index is 173. The lowest BCUT2D eigenvalue weighted by Crippen LogP contribution is -2.34. The molecule has 1 rings (SSSR count). The Morgan fingerprint density at radius 2 is 2.15 bits per heavy atom. The first kappa shape index (κ1) is 10.6. The monoisotopic (exact) mass is 182 g/mol. The molecule has 1 aliphatic rings. The maximum atomic E-state index is 4.55. The van der Waals surface area contributed by atoms with Crippen LogP contribution < -0.4 is 0 Å². The molecule has 0 bridgehead atoms. The molecular formula is C11H22N2. The van der Waals surface area contributed by atoms with Crippen LogP contribution in [0.3, 0.4) is 0 Å². The minimum absolute atomic E-state index is 0.628. The summed E-state index contributed by atoms with van der Waals surface area (Å²) in [5.74, 6) is 1.35. The van der Waals surface area contributed by atoms with E-state index in [-0.39, 0.29) is 0 Å². The number of unbranched alkanes of at least 4 members (excludes halogenated alkanes) is 2. The molecule has 0 aromatic rings. The molecule has 2 nitrogen and oxygen atoms in total. The Balaban J connectivity index is 2.31. The fourth-order valence-electron chi connectivity index (χ4n) is 1.82. The molecule has 0 N–H and O–H groups in total. The van der Waals surface area contributed by atoms with Gasteiger partial charge in [0.25, 0.3) is 0 Å². The molecule has 0 aromatic carbocycles. The van der Waals surface area contributed by atoms with Crippen LogP contribution in [0.2, 0.25) is 0 Å². The highest BCUT2D eigenvalue weighted by molar-refractivity contribution is 5.83. The molecule has 0 saturated carbocycles. The SMILES string of the molecule is CCCCCC1=NCCN1C(C)C. The summed E-state index contributed by atoms with van der Waals surface area (Å²) in [4.78, 5) is 6.99. The Morgan fingerprint density at radius 1 is 1.38 bits per heavy atom. The van der Waals surface area contributed by atoms with E-state index in [1.807, 2.05) is 0 Å². The maximum Gasteiger partial charge on any atom is 0.0992 e. The standard InChI is InChI=1S/C11H22N2/c1-4-5-6-7-11-12-8-9-13(11)10(2)3/h10H,4-9H2,1-3H3. The zero-order valence-corrected chi connectivity index (χ0v) is 9.21. The highest BCUT2D eigenvalue weighted by atomic mass is 15.2. The molecule has 0 aliphatic carbocycles. The van der Waals surface area contributed by atoms with E-state index in [2.05, 4.69) is 30.7 Å². The van der Waals surface area contributed by atoms with Crippen LogP contribution in [0.4, 0.5) is 0 Å². The number of hydrogen-bond acceptors (Lipinski definition) is 2. The Labute approximate surface area is 82.0 Å². The van der Waals surface area contributed by atoms with Crippen molar-refractivity contribution in [3.63, 3.8) is 0 Å². The van der Waals surface area contributed by atoms with Crippen molar-refractivity contribution < 1.29 is 0 Å². The van der Waals surface area contributed by atoms with Crippen molar-refractivity contribution in [3.8, 4) is 0 Å². The summed E-state index contributed by atoms with van der Waals surface area (Å²) in [5.41, 5.74) is 0. The molecular weight excluding hydrogens is 160 g/mol. The van der Waals surface area contributed by atoms with Crippen LogP contribution in [-0.4, -0.2) is 29.9 Å². The van der Waals surface area contributed by atoms with Crippen molar-refractivity contribution in [2.45, 2.75) is 52.5 Å². The molecule has 0 aromatic heterocycles. The Kier molecular flexibility index (Phi) is 4.26. The van der Waals surface area contributed by atoms with Crippen molar-refractivity contribution in [3.05, 3.63) is 0 Å². The van der Waals surface area contributed by atoms with Crippen molar-refractivity contribution in [2.75, 3.05) is 13.1 Å². The van der Waals surface area contributed by atoms with Crippen LogP contribution in [0, 0.1) is 0 Å². The summed E-state index contributed by atoms with van der Waals surface area (Å²) in [5, 5.41) is 0. The fraction of sp³-hybridized carbons (Fsp3) is 0.909. The number of rotatable bonds is 5. The van der Waals surface area contributed by atoms with E-state index < -0.39 is 0 Å². The van der Waals surface area contributed by atoms with E-state index in [4.69, 9.17) is 0 Å². The van der Waals surface area contributed by atoms with Crippen LogP contribution in [0.25, 0.3) is 0 Å². The van der Waals surface area contributed by atoms with Crippen LogP contribution in [0.1, 0.15) is 46.5 Å². The normalized spacial score (nSPS) is 16.9. The average Bonchev–Trinajstić information content (AvgIpc) is 2.53. The van der Waals surface area contributed by atoms with Crippen molar-refractivity contribution in [2.24, 2.45) is 4.99 Å². The van der Waals surface area contributed by atoms with Gasteiger partial charge in [0.2, 0.25) is 0 Å². The van der Waals surface area contributed by atoms with Crippen molar-refractivity contribution in [1.29, 1.82) is 0 Å². The fourth-order valence-corrected chi connectivity index (χ4v) is 1.82. The molecule has 0 spiro atoms. The van der Waals surface area contributed by atoms with Gasteiger partial charge >= 0.3 is 0 Å². The average molecular weight is 182 g/mol. The second-order valence-electron chi connectivity index (χ2n) is 4.04. The van der Waals surface area contributed by atoms with Crippen molar-refractivity contribution in [1.82, 2.24) is 4.90 Å². The molecule has 0 amide bonds. The Morgan fingerprint density at radius 3 is 2.77 bits per heavy atom. The number of aliphatic imine (C=N–C) groups is 1. The highest BCUT2D eigenvalue weighted by Gasteiger charge is 2.18. The summed E-state index contributed by atoms with van der Waals surface area (Å²) < 4.78 is 0. The lowest BCUT2D eigenvalue weighted by Gasteiger charge is -2.24. The highest BCUT2D eigenvalue weighted by Crippen LogP contribution is 2.12. The molecule has 13 heavy (non-hydrogen) atoms. The zero-order chi connectivity index (χ0) is 9.68. The third-order valence-corrected chi connectivity index (χ3v) is 2.59. The zero-order valence-electron chi connectivity index (χ0n) is 9.21. The van der Waals surface area contributed by atoms with Gasteiger partial charge in [-0.2, -0.15) is 0 Å². The molecule has 76 valence electrons. The van der Waals surface area contributed by atoms with Gasteiger partial charge in [0.05, 0.1) is 12.4 Å². The predicted octanol–water partition coefficient (Wildman–Crippen LogP) is 2.69. The van der Waals surface area contributed by atoms with E-state index in [1.165, 1.54) is 31.5 Å². The van der Waals surface area contributed by atoms with Gasteiger partial charge in [-0.15, -0.1) is 0 Å². The minimum atomic E-state index is 0.628. The van der Waals surface area contributed by atoms with Crippen LogP contribution >= 0.6 is 0 Å². The first-order chi connectivity index (χ1) is 6.25. The second-order valence-corrected chi connectivity index (χ2v) is 4.04. The lowest BCUT2D eigenvalue weighted by molar-refractivity contribution is 0.373. The third-order valence-electron chi connectivity index (χ3n) is 2.59. The molecule has 2 heteroatoms. The molecule has 1 aliphatic heterocycles. The van der Waals surface area contributed by atoms with Crippen LogP contribution in [0.5, 0.6) is 0 Å². The van der Waals surface area contributed by atoms with E-state index in [0.717, 1.165) is 13.1 Å². The molecule has 1 heterocycles. The van der Waals surface area contributed by atoms with Gasteiger partial charge in [-0.25, -0.2) is 0 Å². The lowest BCUT2D eigenvalue weighted by atomic mass is 10.2. The summed E-state index contributed by atoms with van der Waals surface area (Å²) >= 11 is 0. The molecule has 0 unspecified atom stereocenters. The van der Waals surface area contributed by atoms with Gasteiger partial charge in [0.1, 0.15) is 0 Å². The van der Waals surface area contributed by atoms with Crippen LogP contribution in [-0.2, 0) is 0 Å². The molecule has 0 fully saturated rings. The minimum Gasteiger partial charge on any atom is -0.356 e. The van der Waals surface area contributed by atoms with Gasteiger partial charge in [-0.3, -0.25) is 4.99 Å². The van der Waals surface area contributed by atoms with Crippen molar-refractivity contribution >= 4 is 5.84 Å². The summed E-state index contributed by atoms with van der Waals surface area (Å²) in [6, 6.07) is 0.628. The number of amidine groups is 1. The largest absolute Gasteiger partial charge is 0.356 e. The Hall–Kier alpha value is -0.530. The quantitative estimate of drug-likeness (QED) is 0.597. The van der Waals surface area contributed by atoms with E-state index >= 15 is 0 Å². The molecule has 0 saturated heterocycles. The summed E-state index contributed by atoms with van der Waals surface area (Å²) in [7, 11) is 0. The van der Waals surface area contributed by atoms with Gasteiger partial charge in [0.15, 0.2) is 0 Å². The summed E-state index contributed by atoms with van der Waals surface area (Å²) in [6.07, 6.45) is 5.13. The maximum absolute atomic E-state index is 4.55. The van der Waals surface area contributed by atoms with Gasteiger partial charge in [0, 0.05) is 19.0 Å². The first-order valence-electron chi connectivity index (χ1n) is 5.55. The summed E-state index contributed by atoms with van der Waals surface area (Å²) in [6.45, 7) is 8.90. The number of nitrogens with zero attached hydrogens (tertiary/aromatic N) is 2. The first-order valence-corrected chi connectivity index (χ1v) is 5.55.